The van der Waals surface area contributed by atoms with Gasteiger partial charge in [-0.15, -0.1) is 0 Å². The highest BCUT2D eigenvalue weighted by molar-refractivity contribution is 6.68. The van der Waals surface area contributed by atoms with Gasteiger partial charge in [0.2, 0.25) is 3.79 Å². The Kier molecular flexibility index (Phi) is 3.90. The van der Waals surface area contributed by atoms with Crippen LogP contribution in [-0.4, -0.2) is 15.5 Å². The van der Waals surface area contributed by atoms with E-state index in [0.717, 1.165) is 0 Å². The number of aliphatic hydroxyl groups excluding tert-OH is 1. The number of hydrogen-bond acceptors (Lipinski definition) is 1. The van der Waals surface area contributed by atoms with Crippen LogP contribution in [0, 0.1) is 0 Å². The molecule has 0 aromatic heterocycles. The number of allylic oxidation sites excluding steroid dienone is 1. The van der Waals surface area contributed by atoms with Crippen molar-refractivity contribution in [1.29, 1.82) is 0 Å². The van der Waals surface area contributed by atoms with Crippen LogP contribution in [0.5, 0.6) is 0 Å². The minimum absolute atomic E-state index is 0.0755. The molecule has 0 fully saturated rings. The van der Waals surface area contributed by atoms with Crippen molar-refractivity contribution in [3.63, 3.8) is 0 Å². The largest absolute Gasteiger partial charge is 0.392 e. The molecule has 0 rings (SSSR count). The van der Waals surface area contributed by atoms with Gasteiger partial charge in [-0.25, -0.2) is 0 Å². The van der Waals surface area contributed by atoms with E-state index in [1.807, 2.05) is 0 Å². The van der Waals surface area contributed by atoms with Gasteiger partial charge in [0.15, 0.2) is 0 Å². The fourth-order valence-electron chi connectivity index (χ4n) is 0.325. The third-order valence-electron chi connectivity index (χ3n) is 0.659. The Bertz CT molecular complexity index is 114. The molecule has 0 aromatic rings. The lowest BCUT2D eigenvalue weighted by atomic mass is 10.3. The molecule has 9 heavy (non-hydrogen) atoms. The van der Waals surface area contributed by atoms with Crippen LogP contribution in [0.15, 0.2) is 11.6 Å². The van der Waals surface area contributed by atoms with E-state index in [0.29, 0.717) is 5.57 Å². The van der Waals surface area contributed by atoms with Gasteiger partial charge in [0, 0.05) is 0 Å². The van der Waals surface area contributed by atoms with Crippen LogP contribution in [0.25, 0.3) is 0 Å². The van der Waals surface area contributed by atoms with E-state index in [1.165, 1.54) is 6.08 Å². The van der Waals surface area contributed by atoms with E-state index in [4.69, 9.17) is 39.9 Å². The summed E-state index contributed by atoms with van der Waals surface area (Å²) in [7, 11) is 0. The number of aliphatic hydroxyl groups is 1. The molecule has 0 aliphatic carbocycles. The van der Waals surface area contributed by atoms with E-state index in [-0.39, 0.29) is 6.61 Å². The van der Waals surface area contributed by atoms with Crippen LogP contribution >= 0.6 is 34.8 Å². The molecular weight excluding hydrogens is 182 g/mol. The van der Waals surface area contributed by atoms with Crippen LogP contribution in [0.4, 0.5) is 0 Å². The summed E-state index contributed by atoms with van der Waals surface area (Å²) in [4.78, 5) is 0. The summed E-state index contributed by atoms with van der Waals surface area (Å²) in [6.07, 6.45) is 1.37. The van der Waals surface area contributed by atoms with Crippen LogP contribution in [0.1, 0.15) is 6.92 Å². The molecular formula is C5H7Cl3O. The zero-order valence-electron chi connectivity index (χ0n) is 4.87. The quantitative estimate of drug-likeness (QED) is 0.496. The highest BCUT2D eigenvalue weighted by Crippen LogP contribution is 2.28. The molecule has 0 saturated carbocycles. The van der Waals surface area contributed by atoms with Crippen molar-refractivity contribution in [2.75, 3.05) is 6.61 Å². The Balaban J connectivity index is 3.95. The van der Waals surface area contributed by atoms with Crippen molar-refractivity contribution in [3.8, 4) is 0 Å². The number of hydrogen-bond donors (Lipinski definition) is 1. The van der Waals surface area contributed by atoms with Gasteiger partial charge in [0.05, 0.1) is 6.61 Å². The molecule has 0 amide bonds. The Morgan fingerprint density at radius 2 is 2.00 bits per heavy atom. The summed E-state index contributed by atoms with van der Waals surface area (Å²) < 4.78 is -1.38. The average molecular weight is 189 g/mol. The minimum Gasteiger partial charge on any atom is -0.392 e. The second-order valence-electron chi connectivity index (χ2n) is 1.69. The number of alkyl halides is 3. The summed E-state index contributed by atoms with van der Waals surface area (Å²) in [5.41, 5.74) is 0.648. The van der Waals surface area contributed by atoms with Gasteiger partial charge in [-0.3, -0.25) is 0 Å². The third-order valence-corrected chi connectivity index (χ3v) is 0.987. The summed E-state index contributed by atoms with van der Waals surface area (Å²) in [6, 6.07) is 0. The second kappa shape index (κ2) is 3.67. The van der Waals surface area contributed by atoms with Crippen LogP contribution in [-0.2, 0) is 0 Å². The normalized spacial score (nSPS) is 14.1. The first-order chi connectivity index (χ1) is 3.95. The molecule has 1 nitrogen and oxygen atoms in total. The topological polar surface area (TPSA) is 20.2 Å². The van der Waals surface area contributed by atoms with Crippen molar-refractivity contribution in [2.24, 2.45) is 0 Å². The first kappa shape index (κ1) is 9.57. The molecule has 54 valence electrons. The lowest BCUT2D eigenvalue weighted by molar-refractivity contribution is 0.331. The maximum Gasteiger partial charge on any atom is 0.209 e. The number of rotatable bonds is 1. The van der Waals surface area contributed by atoms with Gasteiger partial charge in [-0.2, -0.15) is 0 Å². The average Bonchev–Trinajstić information content (AvgIpc) is 1.62. The van der Waals surface area contributed by atoms with Gasteiger partial charge in [0.25, 0.3) is 0 Å². The molecule has 0 heterocycles. The molecule has 0 aromatic carbocycles. The molecule has 0 atom stereocenters. The second-order valence-corrected chi connectivity index (χ2v) is 4.06. The predicted molar refractivity (Wildman–Crippen MR) is 41.1 cm³/mol. The number of halogens is 3. The SMILES string of the molecule is C/C(=C/C(Cl)(Cl)Cl)CO. The molecule has 4 heteroatoms. The van der Waals surface area contributed by atoms with Crippen molar-refractivity contribution in [1.82, 2.24) is 0 Å². The van der Waals surface area contributed by atoms with Gasteiger partial charge in [0.1, 0.15) is 0 Å². The smallest absolute Gasteiger partial charge is 0.209 e. The zero-order valence-corrected chi connectivity index (χ0v) is 7.13. The summed E-state index contributed by atoms with van der Waals surface area (Å²) in [6.45, 7) is 1.61. The van der Waals surface area contributed by atoms with Crippen LogP contribution < -0.4 is 0 Å². The maximum atomic E-state index is 8.45. The van der Waals surface area contributed by atoms with Crippen LogP contribution in [0.3, 0.4) is 0 Å². The first-order valence-corrected chi connectivity index (χ1v) is 3.45. The molecule has 0 bridgehead atoms. The van der Waals surface area contributed by atoms with E-state index in [9.17, 15) is 0 Å². The van der Waals surface area contributed by atoms with E-state index < -0.39 is 3.79 Å². The van der Waals surface area contributed by atoms with E-state index >= 15 is 0 Å². The standard InChI is InChI=1S/C5H7Cl3O/c1-4(3-9)2-5(6,7)8/h2,9H,3H2,1H3/b4-2-. The summed E-state index contributed by atoms with van der Waals surface area (Å²) in [5.74, 6) is 0. The molecule has 0 aliphatic heterocycles. The van der Waals surface area contributed by atoms with E-state index in [1.54, 1.807) is 6.92 Å². The molecule has 0 radical (unpaired) electrons. The van der Waals surface area contributed by atoms with Gasteiger partial charge in [-0.05, 0) is 18.6 Å². The molecule has 0 spiro atoms. The van der Waals surface area contributed by atoms with E-state index in [2.05, 4.69) is 0 Å². The van der Waals surface area contributed by atoms with Gasteiger partial charge in [-0.1, -0.05) is 34.8 Å². The predicted octanol–water partition coefficient (Wildman–Crippen LogP) is 2.30. The Morgan fingerprint density at radius 3 is 2.11 bits per heavy atom. The van der Waals surface area contributed by atoms with Crippen molar-refractivity contribution in [2.45, 2.75) is 10.7 Å². The van der Waals surface area contributed by atoms with Crippen LogP contribution in [0.2, 0.25) is 0 Å². The van der Waals surface area contributed by atoms with Crippen molar-refractivity contribution >= 4 is 34.8 Å². The summed E-state index contributed by atoms with van der Waals surface area (Å²) >= 11 is 16.1. The molecule has 1 N–H and O–H groups in total. The Morgan fingerprint density at radius 1 is 1.56 bits per heavy atom. The summed E-state index contributed by atoms with van der Waals surface area (Å²) in [5, 5.41) is 8.45. The third kappa shape index (κ3) is 6.46. The van der Waals surface area contributed by atoms with Gasteiger partial charge < -0.3 is 5.11 Å². The first-order valence-electron chi connectivity index (χ1n) is 2.31. The van der Waals surface area contributed by atoms with Crippen molar-refractivity contribution < 1.29 is 5.11 Å². The fraction of sp³-hybridized carbons (Fsp3) is 0.600. The van der Waals surface area contributed by atoms with Crippen molar-refractivity contribution in [3.05, 3.63) is 11.6 Å². The maximum absolute atomic E-state index is 8.45. The molecule has 0 saturated heterocycles. The molecule has 0 aliphatic rings. The highest BCUT2D eigenvalue weighted by Gasteiger charge is 2.14. The lowest BCUT2D eigenvalue weighted by Crippen LogP contribution is -1.98. The highest BCUT2D eigenvalue weighted by atomic mass is 35.6. The fourth-order valence-corrected chi connectivity index (χ4v) is 0.884. The molecule has 0 unspecified atom stereocenters. The Hall–Kier alpha value is 0.570. The van der Waals surface area contributed by atoms with Gasteiger partial charge >= 0.3 is 0 Å². The lowest BCUT2D eigenvalue weighted by Gasteiger charge is -2.04. The monoisotopic (exact) mass is 188 g/mol. The Labute approximate surface area is 69.2 Å². The zero-order chi connectivity index (χ0) is 7.49. The minimum atomic E-state index is -1.38.